The molecule has 0 saturated heterocycles. The van der Waals surface area contributed by atoms with E-state index in [0.717, 1.165) is 10.2 Å². The summed E-state index contributed by atoms with van der Waals surface area (Å²) in [7, 11) is 0. The highest BCUT2D eigenvalue weighted by molar-refractivity contribution is 9.10. The third kappa shape index (κ3) is 3.64. The molecule has 4 nitrogen and oxygen atoms in total. The maximum absolute atomic E-state index is 12.3. The lowest BCUT2D eigenvalue weighted by molar-refractivity contribution is 0.0997. The number of amides is 1. The van der Waals surface area contributed by atoms with Gasteiger partial charge < -0.3 is 9.73 Å². The van der Waals surface area contributed by atoms with Crippen molar-refractivity contribution in [1.29, 1.82) is 0 Å². The second-order valence-electron chi connectivity index (χ2n) is 5.01. The lowest BCUT2D eigenvalue weighted by Crippen LogP contribution is -2.12. The largest absolute Gasteiger partial charge is 0.451 e. The van der Waals surface area contributed by atoms with Gasteiger partial charge in [0.25, 0.3) is 5.91 Å². The van der Waals surface area contributed by atoms with Crippen LogP contribution in [0.5, 0.6) is 0 Å². The van der Waals surface area contributed by atoms with Gasteiger partial charge in [0.15, 0.2) is 5.76 Å². The Bertz CT molecular complexity index is 925. The molecule has 2 aromatic heterocycles. The van der Waals surface area contributed by atoms with Crippen LogP contribution in [0.15, 0.2) is 51.4 Å². The van der Waals surface area contributed by atoms with Crippen molar-refractivity contribution < 1.29 is 9.21 Å². The SMILES string of the molecule is Cc1nc(NC(=O)c2ccc(-c3cc(Cl)ccc3Cl)o2)ccc1Br. The average molecular weight is 426 g/mol. The number of carbonyl (C=O) groups is 1. The summed E-state index contributed by atoms with van der Waals surface area (Å²) in [4.78, 5) is 16.6. The molecular formula is C17H11BrCl2N2O2. The van der Waals surface area contributed by atoms with E-state index in [9.17, 15) is 4.79 Å². The third-order valence-electron chi connectivity index (χ3n) is 3.29. The highest BCUT2D eigenvalue weighted by Crippen LogP contribution is 2.32. The lowest BCUT2D eigenvalue weighted by atomic mass is 10.2. The second kappa shape index (κ2) is 6.97. The van der Waals surface area contributed by atoms with Crippen LogP contribution in [0.1, 0.15) is 16.2 Å². The van der Waals surface area contributed by atoms with Crippen LogP contribution in [-0.4, -0.2) is 10.9 Å². The number of nitrogens with one attached hydrogen (secondary N) is 1. The molecule has 7 heteroatoms. The van der Waals surface area contributed by atoms with Gasteiger partial charge >= 0.3 is 0 Å². The number of aryl methyl sites for hydroxylation is 1. The predicted molar refractivity (Wildman–Crippen MR) is 98.8 cm³/mol. The van der Waals surface area contributed by atoms with Gasteiger partial charge in [-0.3, -0.25) is 4.79 Å². The van der Waals surface area contributed by atoms with Gasteiger partial charge in [0, 0.05) is 15.1 Å². The average Bonchev–Trinajstić information content (AvgIpc) is 3.03. The zero-order chi connectivity index (χ0) is 17.3. The molecule has 0 spiro atoms. The molecule has 122 valence electrons. The van der Waals surface area contributed by atoms with Gasteiger partial charge in [0.2, 0.25) is 0 Å². The first kappa shape index (κ1) is 17.0. The first-order valence-corrected chi connectivity index (χ1v) is 8.48. The number of hydrogen-bond donors (Lipinski definition) is 1. The van der Waals surface area contributed by atoms with E-state index >= 15 is 0 Å². The third-order valence-corrected chi connectivity index (χ3v) is 4.69. The van der Waals surface area contributed by atoms with E-state index in [1.165, 1.54) is 0 Å². The van der Waals surface area contributed by atoms with Crippen LogP contribution in [0.3, 0.4) is 0 Å². The van der Waals surface area contributed by atoms with E-state index in [0.29, 0.717) is 27.2 Å². The minimum absolute atomic E-state index is 0.156. The number of hydrogen-bond acceptors (Lipinski definition) is 3. The summed E-state index contributed by atoms with van der Waals surface area (Å²) in [6.07, 6.45) is 0. The molecule has 0 unspecified atom stereocenters. The van der Waals surface area contributed by atoms with E-state index in [1.807, 2.05) is 13.0 Å². The number of aromatic nitrogens is 1. The Balaban J connectivity index is 1.83. The monoisotopic (exact) mass is 424 g/mol. The molecule has 24 heavy (non-hydrogen) atoms. The summed E-state index contributed by atoms with van der Waals surface area (Å²) in [6, 6.07) is 11.8. The number of rotatable bonds is 3. The highest BCUT2D eigenvalue weighted by Gasteiger charge is 2.15. The van der Waals surface area contributed by atoms with E-state index in [1.54, 1.807) is 36.4 Å². The molecule has 0 bridgehead atoms. The minimum atomic E-state index is -0.395. The second-order valence-corrected chi connectivity index (χ2v) is 6.70. The van der Waals surface area contributed by atoms with Crippen LogP contribution in [0.2, 0.25) is 10.0 Å². The van der Waals surface area contributed by atoms with Crippen molar-refractivity contribution in [3.63, 3.8) is 0 Å². The standard InChI is InChI=1S/C17H11BrCl2N2O2/c1-9-12(18)3-7-16(21-9)22-17(23)15-6-5-14(24-15)11-8-10(19)2-4-13(11)20/h2-8H,1H3,(H,21,22,23). The zero-order valence-corrected chi connectivity index (χ0v) is 15.5. The van der Waals surface area contributed by atoms with Gasteiger partial charge in [0.1, 0.15) is 11.6 Å². The van der Waals surface area contributed by atoms with E-state index in [2.05, 4.69) is 26.2 Å². The van der Waals surface area contributed by atoms with Crippen molar-refractivity contribution in [2.24, 2.45) is 0 Å². The van der Waals surface area contributed by atoms with Crippen molar-refractivity contribution in [1.82, 2.24) is 4.98 Å². The molecule has 0 aliphatic rings. The van der Waals surface area contributed by atoms with Gasteiger partial charge in [-0.1, -0.05) is 23.2 Å². The fourth-order valence-electron chi connectivity index (χ4n) is 2.08. The fraction of sp³-hybridized carbons (Fsp3) is 0.0588. The maximum atomic E-state index is 12.3. The summed E-state index contributed by atoms with van der Waals surface area (Å²) in [5.74, 6) is 0.670. The number of nitrogens with zero attached hydrogens (tertiary/aromatic N) is 1. The Hall–Kier alpha value is -1.82. The molecule has 0 saturated carbocycles. The van der Waals surface area contributed by atoms with Gasteiger partial charge in [-0.25, -0.2) is 4.98 Å². The van der Waals surface area contributed by atoms with Crippen molar-refractivity contribution in [2.75, 3.05) is 5.32 Å². The van der Waals surface area contributed by atoms with Gasteiger partial charge in [0.05, 0.1) is 10.7 Å². The number of anilines is 1. The topological polar surface area (TPSA) is 55.1 Å². The Morgan fingerprint density at radius 1 is 1.17 bits per heavy atom. The summed E-state index contributed by atoms with van der Waals surface area (Å²) in [5, 5.41) is 3.72. The first-order chi connectivity index (χ1) is 11.4. The quantitative estimate of drug-likeness (QED) is 0.562. The molecule has 1 amide bonds. The van der Waals surface area contributed by atoms with Crippen molar-refractivity contribution in [3.8, 4) is 11.3 Å². The molecule has 0 fully saturated rings. The number of pyridine rings is 1. The molecule has 0 radical (unpaired) electrons. The zero-order valence-electron chi connectivity index (χ0n) is 12.4. The fourth-order valence-corrected chi connectivity index (χ4v) is 2.69. The van der Waals surface area contributed by atoms with Crippen molar-refractivity contribution in [3.05, 3.63) is 68.4 Å². The summed E-state index contributed by atoms with van der Waals surface area (Å²) in [5.41, 5.74) is 1.40. The molecule has 0 aliphatic carbocycles. The molecule has 2 heterocycles. The normalized spacial score (nSPS) is 10.7. The molecule has 0 aliphatic heterocycles. The highest BCUT2D eigenvalue weighted by atomic mass is 79.9. The molecular weight excluding hydrogens is 415 g/mol. The Kier molecular flexibility index (Phi) is 4.94. The number of halogens is 3. The van der Waals surface area contributed by atoms with Gasteiger partial charge in [-0.15, -0.1) is 0 Å². The van der Waals surface area contributed by atoms with Crippen LogP contribution >= 0.6 is 39.1 Å². The Labute approximate surface area is 156 Å². The molecule has 1 aromatic carbocycles. The molecule has 1 N–H and O–H groups in total. The molecule has 3 aromatic rings. The smallest absolute Gasteiger partial charge is 0.292 e. The van der Waals surface area contributed by atoms with E-state index < -0.39 is 5.91 Å². The Morgan fingerprint density at radius 2 is 1.96 bits per heavy atom. The molecule has 0 atom stereocenters. The van der Waals surface area contributed by atoms with Crippen LogP contribution in [0.25, 0.3) is 11.3 Å². The van der Waals surface area contributed by atoms with Crippen molar-refractivity contribution >= 4 is 50.9 Å². The molecule has 3 rings (SSSR count). The van der Waals surface area contributed by atoms with Gasteiger partial charge in [-0.2, -0.15) is 0 Å². The number of furan rings is 1. The number of benzene rings is 1. The summed E-state index contributed by atoms with van der Waals surface area (Å²) in [6.45, 7) is 1.84. The number of carbonyl (C=O) groups excluding carboxylic acids is 1. The van der Waals surface area contributed by atoms with E-state index in [-0.39, 0.29) is 5.76 Å². The van der Waals surface area contributed by atoms with Crippen LogP contribution in [0, 0.1) is 6.92 Å². The predicted octanol–water partition coefficient (Wildman–Crippen LogP) is 5.97. The van der Waals surface area contributed by atoms with Crippen LogP contribution in [0.4, 0.5) is 5.82 Å². The Morgan fingerprint density at radius 3 is 2.71 bits per heavy atom. The minimum Gasteiger partial charge on any atom is -0.451 e. The maximum Gasteiger partial charge on any atom is 0.292 e. The first-order valence-electron chi connectivity index (χ1n) is 6.94. The summed E-state index contributed by atoms with van der Waals surface area (Å²) < 4.78 is 6.47. The van der Waals surface area contributed by atoms with Gasteiger partial charge in [-0.05, 0) is 65.3 Å². The van der Waals surface area contributed by atoms with Crippen molar-refractivity contribution in [2.45, 2.75) is 6.92 Å². The lowest BCUT2D eigenvalue weighted by Gasteiger charge is -2.05. The van der Waals surface area contributed by atoms with Crippen LogP contribution in [-0.2, 0) is 0 Å². The van der Waals surface area contributed by atoms with Crippen LogP contribution < -0.4 is 5.32 Å². The summed E-state index contributed by atoms with van der Waals surface area (Å²) >= 11 is 15.5. The van der Waals surface area contributed by atoms with E-state index in [4.69, 9.17) is 27.6 Å².